The second kappa shape index (κ2) is 2.71. The molecule has 2 nitrogen and oxygen atoms in total. The van der Waals surface area contributed by atoms with Gasteiger partial charge in [0.2, 0.25) is 0 Å². The van der Waals surface area contributed by atoms with Crippen LogP contribution in [0.2, 0.25) is 0 Å². The van der Waals surface area contributed by atoms with Crippen molar-refractivity contribution in [1.82, 2.24) is 5.32 Å². The van der Waals surface area contributed by atoms with E-state index in [-0.39, 0.29) is 0 Å². The molecule has 0 spiro atoms. The van der Waals surface area contributed by atoms with Crippen LogP contribution >= 0.6 is 7.81 Å². The molecule has 0 radical (unpaired) electrons. The average Bonchev–Trinajstić information content (AvgIpc) is 2.00. The van der Waals surface area contributed by atoms with Crippen LogP contribution in [0.1, 0.15) is 0 Å². The standard InChI is InChI=1S/C3H8N2.F6P/c1-2-5-3-4-1;1-7(2,3,4,5)6/h4-5H,1-3H2;/q;-1/p+1. The van der Waals surface area contributed by atoms with Crippen LogP contribution in [0.3, 0.4) is 0 Å². The molecule has 0 amide bonds. The summed E-state index contributed by atoms with van der Waals surface area (Å²) < 4.78 is 59.2. The third kappa shape index (κ3) is 32.6. The molecule has 0 aliphatic carbocycles. The molecule has 9 heteroatoms. The second-order valence-electron chi connectivity index (χ2n) is 2.24. The van der Waals surface area contributed by atoms with E-state index >= 15 is 0 Å². The number of hydrogen-bond donors (Lipinski definition) is 2. The van der Waals surface area contributed by atoms with Crippen LogP contribution in [0, 0.1) is 0 Å². The molecule has 1 fully saturated rings. The van der Waals surface area contributed by atoms with E-state index in [2.05, 4.69) is 10.6 Å². The molecule has 3 N–H and O–H groups in total. The molecule has 12 heavy (non-hydrogen) atoms. The first-order chi connectivity index (χ1) is 4.95. The van der Waals surface area contributed by atoms with Gasteiger partial charge >= 0.3 is 33.0 Å². The summed E-state index contributed by atoms with van der Waals surface area (Å²) in [5, 5.41) is 5.42. The van der Waals surface area contributed by atoms with Crippen molar-refractivity contribution in [3.63, 3.8) is 0 Å². The van der Waals surface area contributed by atoms with Gasteiger partial charge in [0.1, 0.15) is 6.67 Å². The number of nitrogens with one attached hydrogen (secondary N) is 1. The molecule has 0 aromatic carbocycles. The van der Waals surface area contributed by atoms with Gasteiger partial charge in [0, 0.05) is 6.54 Å². The number of hydrogen-bond acceptors (Lipinski definition) is 1. The zero-order valence-electron chi connectivity index (χ0n) is 5.91. The van der Waals surface area contributed by atoms with Gasteiger partial charge in [-0.15, -0.1) is 0 Å². The Morgan fingerprint density at radius 1 is 1.00 bits per heavy atom. The molecule has 0 bridgehead atoms. The van der Waals surface area contributed by atoms with E-state index in [1.165, 1.54) is 13.1 Å². The number of quaternary nitrogens is 1. The Morgan fingerprint density at radius 2 is 1.42 bits per heavy atom. The Kier molecular flexibility index (Phi) is 2.70. The van der Waals surface area contributed by atoms with Crippen molar-refractivity contribution < 1.29 is 30.5 Å². The molecule has 1 aliphatic heterocycles. The summed E-state index contributed by atoms with van der Waals surface area (Å²) in [6.07, 6.45) is 0. The van der Waals surface area contributed by atoms with Crippen LogP contribution in [-0.4, -0.2) is 19.8 Å². The Morgan fingerprint density at radius 3 is 1.50 bits per heavy atom. The molecule has 0 unspecified atom stereocenters. The van der Waals surface area contributed by atoms with Crippen LogP contribution in [0.5, 0.6) is 0 Å². The third-order valence-corrected chi connectivity index (χ3v) is 0.814. The molecule has 1 saturated heterocycles. The van der Waals surface area contributed by atoms with Crippen molar-refractivity contribution in [2.75, 3.05) is 19.8 Å². The van der Waals surface area contributed by atoms with E-state index in [1.807, 2.05) is 0 Å². The summed E-state index contributed by atoms with van der Waals surface area (Å²) in [6, 6.07) is 0. The van der Waals surface area contributed by atoms with Gasteiger partial charge in [-0.3, -0.25) is 5.32 Å². The first-order valence-electron chi connectivity index (χ1n) is 3.04. The Hall–Kier alpha value is -0.0700. The van der Waals surface area contributed by atoms with Gasteiger partial charge in [0.25, 0.3) is 0 Å². The molecule has 0 aromatic heterocycles. The van der Waals surface area contributed by atoms with Crippen LogP contribution < -0.4 is 10.6 Å². The minimum absolute atomic E-state index is 1.12. The molecule has 0 aromatic rings. The van der Waals surface area contributed by atoms with E-state index in [1.54, 1.807) is 0 Å². The number of rotatable bonds is 0. The summed E-state index contributed by atoms with van der Waals surface area (Å²) in [7, 11) is -10.7. The minimum atomic E-state index is -10.7. The van der Waals surface area contributed by atoms with Crippen molar-refractivity contribution in [2.45, 2.75) is 0 Å². The molecular weight excluding hydrogens is 209 g/mol. The Labute approximate surface area is 64.6 Å². The van der Waals surface area contributed by atoms with Crippen LogP contribution in [0.25, 0.3) is 0 Å². The first-order valence-corrected chi connectivity index (χ1v) is 5.07. The van der Waals surface area contributed by atoms with E-state index in [0.29, 0.717) is 0 Å². The maximum absolute atomic E-state index is 10.7. The van der Waals surface area contributed by atoms with E-state index < -0.39 is 7.81 Å². The maximum atomic E-state index is 9.87. The van der Waals surface area contributed by atoms with Crippen molar-refractivity contribution in [1.29, 1.82) is 0 Å². The quantitative estimate of drug-likeness (QED) is 0.468. The predicted molar refractivity (Wildman–Crippen MR) is 33.2 cm³/mol. The normalized spacial score (nSPS) is 23.5. The summed E-state index contributed by atoms with van der Waals surface area (Å²) in [6.45, 7) is 3.58. The van der Waals surface area contributed by atoms with Gasteiger partial charge in [-0.05, 0) is 0 Å². The van der Waals surface area contributed by atoms with Crippen LogP contribution in [0.4, 0.5) is 25.2 Å². The fraction of sp³-hybridized carbons (Fsp3) is 1.00. The summed E-state index contributed by atoms with van der Waals surface area (Å²) in [5.74, 6) is 0. The molecule has 0 atom stereocenters. The van der Waals surface area contributed by atoms with Crippen molar-refractivity contribution >= 4 is 7.81 Å². The van der Waals surface area contributed by atoms with Gasteiger partial charge in [-0.2, -0.15) is 0 Å². The molecule has 1 rings (SSSR count). The van der Waals surface area contributed by atoms with E-state index in [0.717, 1.165) is 6.67 Å². The van der Waals surface area contributed by atoms with Crippen molar-refractivity contribution in [3.05, 3.63) is 0 Å². The van der Waals surface area contributed by atoms with Crippen LogP contribution in [0.15, 0.2) is 0 Å². The van der Waals surface area contributed by atoms with Crippen molar-refractivity contribution in [2.24, 2.45) is 0 Å². The van der Waals surface area contributed by atoms with Gasteiger partial charge in [0.15, 0.2) is 0 Å². The van der Waals surface area contributed by atoms with Gasteiger partial charge in [0.05, 0.1) is 6.54 Å². The average molecular weight is 218 g/mol. The third-order valence-electron chi connectivity index (χ3n) is 0.814. The summed E-state index contributed by atoms with van der Waals surface area (Å²) in [4.78, 5) is 0. The van der Waals surface area contributed by atoms with Gasteiger partial charge < -0.3 is 5.32 Å². The Balaban J connectivity index is 0.000000211. The molecule has 1 aliphatic rings. The molecule has 78 valence electrons. The zero-order valence-corrected chi connectivity index (χ0v) is 6.81. The molecule has 0 saturated carbocycles. The second-order valence-corrected chi connectivity index (χ2v) is 4.16. The SMILES string of the molecule is C1C[NH2+]CN1.F[P-](F)(F)(F)(F)F. The topological polar surface area (TPSA) is 28.6 Å². The van der Waals surface area contributed by atoms with Gasteiger partial charge in [-0.25, -0.2) is 0 Å². The molecule has 1 heterocycles. The predicted octanol–water partition coefficient (Wildman–Crippen LogP) is 1.49. The monoisotopic (exact) mass is 218 g/mol. The summed E-state index contributed by atoms with van der Waals surface area (Å²) in [5.41, 5.74) is 0. The van der Waals surface area contributed by atoms with Crippen molar-refractivity contribution in [3.8, 4) is 0 Å². The zero-order chi connectivity index (χ0) is 9.94. The first kappa shape index (κ1) is 11.9. The van der Waals surface area contributed by atoms with E-state index in [9.17, 15) is 25.2 Å². The number of halogens is 6. The Bertz CT molecular complexity index is 123. The summed E-state index contributed by atoms with van der Waals surface area (Å²) >= 11 is 0. The fourth-order valence-electron chi connectivity index (χ4n) is 0.510. The van der Waals surface area contributed by atoms with Crippen LogP contribution in [-0.2, 0) is 0 Å². The number of nitrogens with two attached hydrogens (primary N) is 1. The van der Waals surface area contributed by atoms with E-state index in [4.69, 9.17) is 0 Å². The fourth-order valence-corrected chi connectivity index (χ4v) is 0.510. The molecular formula is C3H9F6N2P. The van der Waals surface area contributed by atoms with Gasteiger partial charge in [-0.1, -0.05) is 0 Å².